The van der Waals surface area contributed by atoms with E-state index in [1.807, 2.05) is 6.92 Å². The summed E-state index contributed by atoms with van der Waals surface area (Å²) in [4.78, 5) is 0. The highest BCUT2D eigenvalue weighted by molar-refractivity contribution is 7.89. The molecule has 0 fully saturated rings. The topological polar surface area (TPSA) is 55.4 Å². The van der Waals surface area contributed by atoms with Crippen LogP contribution in [0.5, 0.6) is 0 Å². The van der Waals surface area contributed by atoms with Crippen LogP contribution in [0, 0.1) is 0 Å². The molecule has 15 heavy (non-hydrogen) atoms. The lowest BCUT2D eigenvalue weighted by Crippen LogP contribution is -2.36. The van der Waals surface area contributed by atoms with Crippen LogP contribution in [0.2, 0.25) is 0 Å². The number of nitrogens with one attached hydrogen (secondary N) is 1. The zero-order valence-electron chi connectivity index (χ0n) is 9.33. The summed E-state index contributed by atoms with van der Waals surface area (Å²) in [5.41, 5.74) is 0. The van der Waals surface area contributed by atoms with Crippen LogP contribution in [-0.2, 0) is 14.8 Å². The summed E-state index contributed by atoms with van der Waals surface area (Å²) in [5.74, 6) is 0.582. The van der Waals surface area contributed by atoms with E-state index in [0.717, 1.165) is 6.42 Å². The predicted octanol–water partition coefficient (Wildman–Crippen LogP) is 1.35. The van der Waals surface area contributed by atoms with Crippen LogP contribution in [-0.4, -0.2) is 39.8 Å². The summed E-state index contributed by atoms with van der Waals surface area (Å²) in [6.45, 7) is 2.40. The van der Waals surface area contributed by atoms with E-state index in [1.165, 1.54) is 0 Å². The van der Waals surface area contributed by atoms with Gasteiger partial charge in [0.25, 0.3) is 0 Å². The van der Waals surface area contributed by atoms with Crippen molar-refractivity contribution in [1.29, 1.82) is 0 Å². The molecule has 0 aliphatic heterocycles. The minimum atomic E-state index is -3.18. The summed E-state index contributed by atoms with van der Waals surface area (Å²) in [7, 11) is -1.62. The van der Waals surface area contributed by atoms with Gasteiger partial charge in [0.1, 0.15) is 0 Å². The standard InChI is InChI=1S/C9H20ClNO3S/c1-3-9(5-6-10)11-15(12,13)8-4-7-14-2/h9,11H,3-8H2,1-2H3. The summed E-state index contributed by atoms with van der Waals surface area (Å²) in [6.07, 6.45) is 1.95. The number of alkyl halides is 1. The van der Waals surface area contributed by atoms with E-state index in [1.54, 1.807) is 7.11 Å². The van der Waals surface area contributed by atoms with Gasteiger partial charge in [-0.2, -0.15) is 0 Å². The molecule has 0 saturated carbocycles. The van der Waals surface area contributed by atoms with Crippen LogP contribution < -0.4 is 4.72 Å². The smallest absolute Gasteiger partial charge is 0.211 e. The van der Waals surface area contributed by atoms with Crippen molar-refractivity contribution >= 4 is 21.6 Å². The summed E-state index contributed by atoms with van der Waals surface area (Å²) in [6, 6.07) is -0.0463. The van der Waals surface area contributed by atoms with Crippen LogP contribution in [0.1, 0.15) is 26.2 Å². The molecule has 0 radical (unpaired) electrons. The molecule has 0 aromatic carbocycles. The number of sulfonamides is 1. The number of hydrogen-bond acceptors (Lipinski definition) is 3. The van der Waals surface area contributed by atoms with Gasteiger partial charge in [-0.05, 0) is 19.3 Å². The Bertz CT molecular complexity index is 244. The van der Waals surface area contributed by atoms with Crippen LogP contribution >= 0.6 is 11.6 Å². The molecular weight excluding hydrogens is 238 g/mol. The van der Waals surface area contributed by atoms with E-state index in [4.69, 9.17) is 16.3 Å². The third-order valence-electron chi connectivity index (χ3n) is 2.06. The molecule has 92 valence electrons. The zero-order chi connectivity index (χ0) is 11.7. The lowest BCUT2D eigenvalue weighted by Gasteiger charge is -2.15. The molecule has 4 nitrogen and oxygen atoms in total. The van der Waals surface area contributed by atoms with Gasteiger partial charge in [0.15, 0.2) is 0 Å². The molecule has 0 aliphatic rings. The highest BCUT2D eigenvalue weighted by Gasteiger charge is 2.15. The Balaban J connectivity index is 3.99. The molecule has 1 N–H and O–H groups in total. The second-order valence-corrected chi connectivity index (χ2v) is 5.62. The molecule has 0 aliphatic carbocycles. The van der Waals surface area contributed by atoms with Crippen molar-refractivity contribution in [3.63, 3.8) is 0 Å². The number of rotatable bonds is 9. The molecular formula is C9H20ClNO3S. The molecule has 0 saturated heterocycles. The average molecular weight is 258 g/mol. The summed E-state index contributed by atoms with van der Waals surface area (Å²) >= 11 is 5.58. The molecule has 0 spiro atoms. The quantitative estimate of drug-likeness (QED) is 0.501. The number of methoxy groups -OCH3 is 1. The Labute approximate surface area is 97.4 Å². The van der Waals surface area contributed by atoms with E-state index in [0.29, 0.717) is 25.3 Å². The maximum absolute atomic E-state index is 11.5. The average Bonchev–Trinajstić information content (AvgIpc) is 2.17. The van der Waals surface area contributed by atoms with E-state index in [-0.39, 0.29) is 11.8 Å². The third-order valence-corrected chi connectivity index (χ3v) is 3.79. The highest BCUT2D eigenvalue weighted by Crippen LogP contribution is 2.02. The van der Waals surface area contributed by atoms with Gasteiger partial charge in [-0.1, -0.05) is 6.92 Å². The maximum Gasteiger partial charge on any atom is 0.211 e. The largest absolute Gasteiger partial charge is 0.385 e. The SMILES string of the molecule is CCC(CCCl)NS(=O)(=O)CCCOC. The first-order chi connectivity index (χ1) is 7.05. The molecule has 1 unspecified atom stereocenters. The molecule has 0 aromatic heterocycles. The normalized spacial score (nSPS) is 14.1. The van der Waals surface area contributed by atoms with Crippen LogP contribution in [0.4, 0.5) is 0 Å². The van der Waals surface area contributed by atoms with Gasteiger partial charge in [0.2, 0.25) is 10.0 Å². The minimum absolute atomic E-state index is 0.0463. The van der Waals surface area contributed by atoms with Crippen molar-refractivity contribution in [2.45, 2.75) is 32.2 Å². The zero-order valence-corrected chi connectivity index (χ0v) is 10.9. The fraction of sp³-hybridized carbons (Fsp3) is 1.00. The van der Waals surface area contributed by atoms with Crippen molar-refractivity contribution in [1.82, 2.24) is 4.72 Å². The Hall–Kier alpha value is 0.160. The van der Waals surface area contributed by atoms with Crippen molar-refractivity contribution in [2.24, 2.45) is 0 Å². The Morgan fingerprint density at radius 1 is 1.47 bits per heavy atom. The molecule has 6 heteroatoms. The van der Waals surface area contributed by atoms with Crippen molar-refractivity contribution < 1.29 is 13.2 Å². The van der Waals surface area contributed by atoms with E-state index in [9.17, 15) is 8.42 Å². The van der Waals surface area contributed by atoms with E-state index in [2.05, 4.69) is 4.72 Å². The molecule has 0 bridgehead atoms. The van der Waals surface area contributed by atoms with Gasteiger partial charge in [0.05, 0.1) is 5.75 Å². The first-order valence-electron chi connectivity index (χ1n) is 5.10. The lowest BCUT2D eigenvalue weighted by molar-refractivity contribution is 0.199. The van der Waals surface area contributed by atoms with Gasteiger partial charge >= 0.3 is 0 Å². The number of ether oxygens (including phenoxy) is 1. The van der Waals surface area contributed by atoms with Crippen LogP contribution in [0.25, 0.3) is 0 Å². The van der Waals surface area contributed by atoms with Gasteiger partial charge in [-0.3, -0.25) is 0 Å². The molecule has 0 aromatic rings. The third kappa shape index (κ3) is 8.02. The van der Waals surface area contributed by atoms with Crippen molar-refractivity contribution in [2.75, 3.05) is 25.3 Å². The first-order valence-corrected chi connectivity index (χ1v) is 7.29. The second-order valence-electron chi connectivity index (χ2n) is 3.37. The van der Waals surface area contributed by atoms with Crippen molar-refractivity contribution in [3.05, 3.63) is 0 Å². The Morgan fingerprint density at radius 2 is 2.13 bits per heavy atom. The number of hydrogen-bond donors (Lipinski definition) is 1. The highest BCUT2D eigenvalue weighted by atomic mass is 35.5. The minimum Gasteiger partial charge on any atom is -0.385 e. The second kappa shape index (κ2) is 8.33. The van der Waals surface area contributed by atoms with Gasteiger partial charge in [-0.25, -0.2) is 13.1 Å². The van der Waals surface area contributed by atoms with Crippen LogP contribution in [0.3, 0.4) is 0 Å². The molecule has 0 amide bonds. The fourth-order valence-corrected chi connectivity index (χ4v) is 2.86. The van der Waals surface area contributed by atoms with E-state index < -0.39 is 10.0 Å². The van der Waals surface area contributed by atoms with Crippen molar-refractivity contribution in [3.8, 4) is 0 Å². The lowest BCUT2D eigenvalue weighted by atomic mass is 10.2. The van der Waals surface area contributed by atoms with E-state index >= 15 is 0 Å². The van der Waals surface area contributed by atoms with Gasteiger partial charge in [-0.15, -0.1) is 11.6 Å². The first kappa shape index (κ1) is 15.2. The molecule has 0 heterocycles. The Morgan fingerprint density at radius 3 is 2.60 bits per heavy atom. The predicted molar refractivity (Wildman–Crippen MR) is 62.8 cm³/mol. The fourth-order valence-electron chi connectivity index (χ4n) is 1.18. The van der Waals surface area contributed by atoms with Crippen LogP contribution in [0.15, 0.2) is 0 Å². The Kier molecular flexibility index (Phi) is 8.42. The number of halogens is 1. The molecule has 0 rings (SSSR count). The molecule has 1 atom stereocenters. The van der Waals surface area contributed by atoms with Gasteiger partial charge in [0, 0.05) is 25.6 Å². The summed E-state index contributed by atoms with van der Waals surface area (Å²) in [5, 5.41) is 0. The van der Waals surface area contributed by atoms with Gasteiger partial charge < -0.3 is 4.74 Å². The monoisotopic (exact) mass is 257 g/mol. The summed E-state index contributed by atoms with van der Waals surface area (Å²) < 4.78 is 30.5. The maximum atomic E-state index is 11.5.